The number of nitrogens with two attached hydrogens (primary N) is 1. The molecule has 1 atom stereocenters. The van der Waals surface area contributed by atoms with Gasteiger partial charge in [-0.05, 0) is 37.3 Å². The predicted octanol–water partition coefficient (Wildman–Crippen LogP) is 2.29. The fraction of sp³-hybridized carbons (Fsp3) is 0.143. The normalized spacial score (nSPS) is 11.2. The average molecular weight is 508 g/mol. The first-order valence-electron chi connectivity index (χ1n) is 11.8. The number of aromatic nitrogens is 4. The highest BCUT2D eigenvalue weighted by atomic mass is 16.2. The zero-order chi connectivity index (χ0) is 27.1. The SMILES string of the molecule is C=CC(=O)NCCC#Cc1cccc2nc([C@H](C)NC(=O)c3nccnc3N)n(-c3ccccc3)c(=O)c12. The highest BCUT2D eigenvalue weighted by Crippen LogP contribution is 2.20. The van der Waals surface area contributed by atoms with Crippen LogP contribution < -0.4 is 21.9 Å². The van der Waals surface area contributed by atoms with Crippen LogP contribution in [0.3, 0.4) is 0 Å². The van der Waals surface area contributed by atoms with Gasteiger partial charge in [-0.15, -0.1) is 0 Å². The second kappa shape index (κ2) is 11.6. The van der Waals surface area contributed by atoms with E-state index >= 15 is 0 Å². The quantitative estimate of drug-likeness (QED) is 0.198. The Morgan fingerprint density at radius 1 is 1.13 bits per heavy atom. The summed E-state index contributed by atoms with van der Waals surface area (Å²) in [6, 6.07) is 13.6. The topological polar surface area (TPSA) is 145 Å². The van der Waals surface area contributed by atoms with Gasteiger partial charge in [0, 0.05) is 30.9 Å². The molecule has 0 bridgehead atoms. The van der Waals surface area contributed by atoms with Crippen molar-refractivity contribution in [3.8, 4) is 17.5 Å². The number of fused-ring (bicyclic) bond motifs is 1. The minimum Gasteiger partial charge on any atom is -0.382 e. The molecule has 2 amide bonds. The lowest BCUT2D eigenvalue weighted by molar-refractivity contribution is -0.116. The van der Waals surface area contributed by atoms with Crippen molar-refractivity contribution in [2.75, 3.05) is 12.3 Å². The molecule has 0 aliphatic carbocycles. The molecule has 0 aliphatic rings. The molecule has 10 nitrogen and oxygen atoms in total. The summed E-state index contributed by atoms with van der Waals surface area (Å²) >= 11 is 0. The fourth-order valence-corrected chi connectivity index (χ4v) is 3.80. The van der Waals surface area contributed by atoms with Crippen molar-refractivity contribution in [3.63, 3.8) is 0 Å². The van der Waals surface area contributed by atoms with Gasteiger partial charge in [-0.3, -0.25) is 19.0 Å². The summed E-state index contributed by atoms with van der Waals surface area (Å²) < 4.78 is 1.46. The number of benzene rings is 2. The first-order valence-corrected chi connectivity index (χ1v) is 11.8. The number of carbonyl (C=O) groups is 2. The van der Waals surface area contributed by atoms with Crippen LogP contribution in [0.2, 0.25) is 0 Å². The van der Waals surface area contributed by atoms with Crippen LogP contribution in [-0.2, 0) is 4.79 Å². The van der Waals surface area contributed by atoms with E-state index < -0.39 is 11.9 Å². The van der Waals surface area contributed by atoms with Crippen LogP contribution in [0.5, 0.6) is 0 Å². The maximum absolute atomic E-state index is 13.9. The molecular weight excluding hydrogens is 482 g/mol. The van der Waals surface area contributed by atoms with E-state index in [1.165, 1.54) is 23.0 Å². The predicted molar refractivity (Wildman–Crippen MR) is 144 cm³/mol. The molecule has 4 N–H and O–H groups in total. The van der Waals surface area contributed by atoms with Crippen LogP contribution in [0.25, 0.3) is 16.6 Å². The molecule has 10 heteroatoms. The van der Waals surface area contributed by atoms with Gasteiger partial charge in [-0.25, -0.2) is 15.0 Å². The summed E-state index contributed by atoms with van der Waals surface area (Å²) in [6.07, 6.45) is 4.35. The van der Waals surface area contributed by atoms with Gasteiger partial charge in [0.05, 0.1) is 22.6 Å². The van der Waals surface area contributed by atoms with E-state index in [9.17, 15) is 14.4 Å². The van der Waals surface area contributed by atoms with Crippen molar-refractivity contribution in [3.05, 3.63) is 101 Å². The Balaban J connectivity index is 1.77. The largest absolute Gasteiger partial charge is 0.382 e. The van der Waals surface area contributed by atoms with Crippen LogP contribution in [0, 0.1) is 11.8 Å². The molecule has 2 aromatic carbocycles. The van der Waals surface area contributed by atoms with Crippen molar-refractivity contribution in [2.24, 2.45) is 0 Å². The number of hydrogen-bond acceptors (Lipinski definition) is 7. The summed E-state index contributed by atoms with van der Waals surface area (Å²) in [5.74, 6) is 5.52. The monoisotopic (exact) mass is 507 g/mol. The molecule has 2 aromatic heterocycles. The maximum atomic E-state index is 13.9. The lowest BCUT2D eigenvalue weighted by Crippen LogP contribution is -2.34. The maximum Gasteiger partial charge on any atom is 0.274 e. The molecule has 2 heterocycles. The van der Waals surface area contributed by atoms with E-state index in [1.807, 2.05) is 18.2 Å². The van der Waals surface area contributed by atoms with Gasteiger partial charge >= 0.3 is 0 Å². The molecule has 0 saturated carbocycles. The number of hydrogen-bond donors (Lipinski definition) is 3. The Kier molecular flexibility index (Phi) is 7.89. The van der Waals surface area contributed by atoms with Crippen LogP contribution >= 0.6 is 0 Å². The zero-order valence-electron chi connectivity index (χ0n) is 20.6. The third-order valence-corrected chi connectivity index (χ3v) is 5.57. The van der Waals surface area contributed by atoms with E-state index in [1.54, 1.807) is 37.3 Å². The van der Waals surface area contributed by atoms with E-state index in [2.05, 4.69) is 39.0 Å². The van der Waals surface area contributed by atoms with Crippen LogP contribution in [0.1, 0.15) is 41.3 Å². The molecular formula is C28H25N7O3. The fourth-order valence-electron chi connectivity index (χ4n) is 3.80. The van der Waals surface area contributed by atoms with Crippen molar-refractivity contribution in [2.45, 2.75) is 19.4 Å². The number of nitrogens with zero attached hydrogens (tertiary/aromatic N) is 4. The first-order chi connectivity index (χ1) is 18.4. The van der Waals surface area contributed by atoms with Crippen LogP contribution in [0.15, 0.2) is 78.4 Å². The molecule has 38 heavy (non-hydrogen) atoms. The Morgan fingerprint density at radius 2 is 1.89 bits per heavy atom. The Labute approximate surface area is 218 Å². The van der Waals surface area contributed by atoms with E-state index in [0.29, 0.717) is 40.9 Å². The van der Waals surface area contributed by atoms with Crippen molar-refractivity contribution in [1.82, 2.24) is 30.2 Å². The Bertz CT molecular complexity index is 1640. The molecule has 4 rings (SSSR count). The zero-order valence-corrected chi connectivity index (χ0v) is 20.6. The van der Waals surface area contributed by atoms with Gasteiger partial charge in [0.25, 0.3) is 11.5 Å². The highest BCUT2D eigenvalue weighted by Gasteiger charge is 2.22. The van der Waals surface area contributed by atoms with E-state index in [0.717, 1.165) is 0 Å². The van der Waals surface area contributed by atoms with Crippen LogP contribution in [0.4, 0.5) is 5.82 Å². The van der Waals surface area contributed by atoms with E-state index in [4.69, 9.17) is 10.7 Å². The Morgan fingerprint density at radius 3 is 2.63 bits per heavy atom. The lowest BCUT2D eigenvalue weighted by Gasteiger charge is -2.20. The van der Waals surface area contributed by atoms with Gasteiger partial charge in [0.2, 0.25) is 5.91 Å². The molecule has 0 unspecified atom stereocenters. The molecule has 0 saturated heterocycles. The minimum atomic E-state index is -0.690. The van der Waals surface area contributed by atoms with Gasteiger partial charge in [-0.1, -0.05) is 42.7 Å². The van der Waals surface area contributed by atoms with Crippen LogP contribution in [-0.4, -0.2) is 37.9 Å². The summed E-state index contributed by atoms with van der Waals surface area (Å²) in [6.45, 7) is 5.49. The molecule has 4 aromatic rings. The average Bonchev–Trinajstić information content (AvgIpc) is 2.93. The summed E-state index contributed by atoms with van der Waals surface area (Å²) in [4.78, 5) is 50.8. The number of nitrogen functional groups attached to an aromatic ring is 1. The number of carbonyl (C=O) groups excluding carboxylic acids is 2. The van der Waals surface area contributed by atoms with Gasteiger partial charge in [-0.2, -0.15) is 0 Å². The second-order valence-corrected chi connectivity index (χ2v) is 8.18. The van der Waals surface area contributed by atoms with Gasteiger partial charge < -0.3 is 16.4 Å². The van der Waals surface area contributed by atoms with E-state index in [-0.39, 0.29) is 23.0 Å². The minimum absolute atomic E-state index is 0.00334. The Hall–Kier alpha value is -5.30. The smallest absolute Gasteiger partial charge is 0.274 e. The molecule has 190 valence electrons. The van der Waals surface area contributed by atoms with Crippen molar-refractivity contribution < 1.29 is 9.59 Å². The molecule has 0 fully saturated rings. The van der Waals surface area contributed by atoms with Crippen molar-refractivity contribution >= 4 is 28.5 Å². The lowest BCUT2D eigenvalue weighted by atomic mass is 10.1. The van der Waals surface area contributed by atoms with Gasteiger partial charge in [0.15, 0.2) is 11.5 Å². The molecule has 0 aliphatic heterocycles. The number of amides is 2. The number of nitrogens with one attached hydrogen (secondary N) is 2. The number of anilines is 1. The molecule has 0 radical (unpaired) electrons. The summed E-state index contributed by atoms with van der Waals surface area (Å²) in [5, 5.41) is 5.83. The summed E-state index contributed by atoms with van der Waals surface area (Å²) in [5.41, 5.74) is 6.98. The standard InChI is InChI=1S/C28H25N7O3/c1-3-22(36)30-15-8-7-10-19-11-9-14-21-23(19)28(38)35(20-12-5-4-6-13-20)26(34-21)18(2)33-27(37)24-25(29)32-17-16-31-24/h3-6,9,11-14,16-18H,1,8,15H2,2H3,(H2,29,32)(H,30,36)(H,33,37)/t18-/m0/s1. The molecule has 0 spiro atoms. The number of rotatable bonds is 7. The van der Waals surface area contributed by atoms with Crippen molar-refractivity contribution in [1.29, 1.82) is 0 Å². The number of para-hydroxylation sites is 1. The summed E-state index contributed by atoms with van der Waals surface area (Å²) in [7, 11) is 0. The first kappa shape index (κ1) is 25.8. The third-order valence-electron chi connectivity index (χ3n) is 5.57. The van der Waals surface area contributed by atoms with Gasteiger partial charge in [0.1, 0.15) is 5.82 Å². The highest BCUT2D eigenvalue weighted by molar-refractivity contribution is 5.96. The third kappa shape index (κ3) is 5.57. The second-order valence-electron chi connectivity index (χ2n) is 8.18.